The average Bonchev–Trinajstić information content (AvgIpc) is 2.68. The maximum absolute atomic E-state index is 13.0. The monoisotopic (exact) mass is 448 g/mol. The number of hydrogen-bond acceptors (Lipinski definition) is 5. The molecule has 6 nitrogen and oxygen atoms in total. The highest BCUT2D eigenvalue weighted by Crippen LogP contribution is 2.50. The molecule has 4 rings (SSSR count). The number of carbonyl (C=O) groups excluding carboxylic acids is 3. The van der Waals surface area contributed by atoms with E-state index in [4.69, 9.17) is 33.7 Å². The second kappa shape index (κ2) is 8.08. The molecule has 0 aromatic heterocycles. The smallest absolute Gasteiger partial charge is 0.255 e. The Hall–Kier alpha value is -2.31. The van der Waals surface area contributed by atoms with Crippen LogP contribution in [-0.4, -0.2) is 36.0 Å². The molecule has 0 unspecified atom stereocenters. The van der Waals surface area contributed by atoms with Crippen molar-refractivity contribution in [1.29, 1.82) is 0 Å². The third-order valence-corrected chi connectivity index (χ3v) is 6.52. The molecule has 1 aliphatic heterocycles. The highest BCUT2D eigenvalue weighted by Gasteiger charge is 2.42. The summed E-state index contributed by atoms with van der Waals surface area (Å²) in [5.41, 5.74) is 9.09. The SMILES string of the molecule is CN1C2=C(C(=O)CCC2)C(c2cc(Cl)c(OCC(N)=O)c(Cl)c2)C2=C1CCCC2=O. The van der Waals surface area contributed by atoms with Gasteiger partial charge in [0.25, 0.3) is 5.91 Å². The van der Waals surface area contributed by atoms with Gasteiger partial charge in [-0.3, -0.25) is 14.4 Å². The van der Waals surface area contributed by atoms with Crippen LogP contribution in [0.5, 0.6) is 5.75 Å². The number of ketones is 2. The van der Waals surface area contributed by atoms with E-state index in [-0.39, 0.29) is 34.0 Å². The van der Waals surface area contributed by atoms with Crippen molar-refractivity contribution in [2.24, 2.45) is 5.73 Å². The Morgan fingerprint density at radius 1 is 1.03 bits per heavy atom. The van der Waals surface area contributed by atoms with Crippen molar-refractivity contribution in [3.8, 4) is 5.75 Å². The van der Waals surface area contributed by atoms with Crippen LogP contribution < -0.4 is 10.5 Å². The number of nitrogens with zero attached hydrogens (tertiary/aromatic N) is 1. The summed E-state index contributed by atoms with van der Waals surface area (Å²) in [7, 11) is 1.94. The van der Waals surface area contributed by atoms with Crippen LogP contribution in [0, 0.1) is 0 Å². The van der Waals surface area contributed by atoms with Crippen molar-refractivity contribution in [1.82, 2.24) is 4.90 Å². The van der Waals surface area contributed by atoms with Gasteiger partial charge in [0, 0.05) is 48.3 Å². The van der Waals surface area contributed by atoms with Gasteiger partial charge in [0.05, 0.1) is 10.0 Å². The van der Waals surface area contributed by atoms with Gasteiger partial charge in [-0.15, -0.1) is 0 Å². The summed E-state index contributed by atoms with van der Waals surface area (Å²) in [6, 6.07) is 3.33. The average molecular weight is 449 g/mol. The molecular weight excluding hydrogens is 427 g/mol. The van der Waals surface area contributed by atoms with Gasteiger partial charge in [0.1, 0.15) is 0 Å². The number of halogens is 2. The van der Waals surface area contributed by atoms with Gasteiger partial charge < -0.3 is 15.4 Å². The number of allylic oxidation sites excluding steroid dienone is 4. The largest absolute Gasteiger partial charge is 0.481 e. The van der Waals surface area contributed by atoms with Crippen LogP contribution in [0.25, 0.3) is 0 Å². The lowest BCUT2D eigenvalue weighted by Crippen LogP contribution is -2.37. The minimum atomic E-state index is -0.647. The zero-order valence-electron chi connectivity index (χ0n) is 16.6. The molecule has 3 aliphatic rings. The number of Topliss-reactive ketones (excluding diaryl/α,β-unsaturated/α-hetero) is 2. The molecule has 0 fully saturated rings. The lowest BCUT2D eigenvalue weighted by Gasteiger charge is -2.42. The second-order valence-electron chi connectivity index (χ2n) is 7.83. The van der Waals surface area contributed by atoms with Crippen molar-refractivity contribution in [2.75, 3.05) is 13.7 Å². The Kier molecular flexibility index (Phi) is 5.64. The summed E-state index contributed by atoms with van der Waals surface area (Å²) in [4.78, 5) is 39.1. The van der Waals surface area contributed by atoms with Crippen molar-refractivity contribution >= 4 is 40.7 Å². The standard InChI is InChI=1S/C22H22Cl2N2O4/c1-26-14-4-2-6-16(27)20(14)19(21-15(26)5-3-7-17(21)28)11-8-12(23)22(13(24)9-11)30-10-18(25)29/h8-9,19H,2-7,10H2,1H3,(H2,25,29). The number of nitrogens with two attached hydrogens (primary N) is 1. The normalized spacial score (nSPS) is 19.8. The summed E-state index contributed by atoms with van der Waals surface area (Å²) < 4.78 is 5.34. The molecule has 8 heteroatoms. The molecule has 2 N–H and O–H groups in total. The molecule has 0 radical (unpaired) electrons. The Morgan fingerprint density at radius 2 is 1.53 bits per heavy atom. The Labute approximate surface area is 184 Å². The first-order chi connectivity index (χ1) is 14.3. The van der Waals surface area contributed by atoms with Gasteiger partial charge in [0.15, 0.2) is 23.9 Å². The molecule has 0 spiro atoms. The van der Waals surface area contributed by atoms with Crippen LogP contribution in [-0.2, 0) is 14.4 Å². The minimum absolute atomic E-state index is 0.0549. The van der Waals surface area contributed by atoms with Gasteiger partial charge in [0.2, 0.25) is 0 Å². The lowest BCUT2D eigenvalue weighted by molar-refractivity contribution is -0.120. The van der Waals surface area contributed by atoms with Crippen LogP contribution >= 0.6 is 23.2 Å². The van der Waals surface area contributed by atoms with E-state index in [0.29, 0.717) is 29.6 Å². The van der Waals surface area contributed by atoms with Gasteiger partial charge in [-0.2, -0.15) is 0 Å². The Morgan fingerprint density at radius 3 is 2.00 bits per heavy atom. The first kappa shape index (κ1) is 20.9. The Balaban J connectivity index is 1.87. The van der Waals surface area contributed by atoms with Crippen molar-refractivity contribution in [2.45, 2.75) is 44.4 Å². The van der Waals surface area contributed by atoms with Crippen LogP contribution in [0.3, 0.4) is 0 Å². The zero-order valence-corrected chi connectivity index (χ0v) is 18.1. The van der Waals surface area contributed by atoms with Gasteiger partial charge in [-0.05, 0) is 43.4 Å². The topological polar surface area (TPSA) is 89.7 Å². The van der Waals surface area contributed by atoms with E-state index in [1.165, 1.54) is 0 Å². The molecule has 0 saturated carbocycles. The van der Waals surface area contributed by atoms with E-state index < -0.39 is 11.8 Å². The van der Waals surface area contributed by atoms with Crippen LogP contribution in [0.4, 0.5) is 0 Å². The van der Waals surface area contributed by atoms with Gasteiger partial charge in [-0.25, -0.2) is 0 Å². The molecule has 1 heterocycles. The lowest BCUT2D eigenvalue weighted by atomic mass is 9.71. The molecule has 1 aromatic carbocycles. The van der Waals surface area contributed by atoms with Crippen LogP contribution in [0.15, 0.2) is 34.7 Å². The van der Waals surface area contributed by atoms with Crippen molar-refractivity contribution in [3.05, 3.63) is 50.3 Å². The van der Waals surface area contributed by atoms with E-state index in [1.807, 2.05) is 11.9 Å². The molecule has 2 aliphatic carbocycles. The number of carbonyl (C=O) groups is 3. The van der Waals surface area contributed by atoms with Crippen molar-refractivity contribution < 1.29 is 19.1 Å². The molecule has 158 valence electrons. The molecule has 1 amide bonds. The van der Waals surface area contributed by atoms with Crippen LogP contribution in [0.1, 0.15) is 50.0 Å². The summed E-state index contributed by atoms with van der Waals surface area (Å²) in [5.74, 6) is -0.875. The third kappa shape index (κ3) is 3.52. The fraction of sp³-hybridized carbons (Fsp3) is 0.409. The molecule has 30 heavy (non-hydrogen) atoms. The molecule has 1 aromatic rings. The first-order valence-electron chi connectivity index (χ1n) is 9.95. The zero-order chi connectivity index (χ0) is 21.6. The summed E-state index contributed by atoms with van der Waals surface area (Å²) in [6.45, 7) is -0.353. The number of primary amides is 1. The number of ether oxygens (including phenoxy) is 1. The first-order valence-corrected chi connectivity index (χ1v) is 10.7. The number of amides is 1. The number of benzene rings is 1. The van der Waals surface area contributed by atoms with E-state index in [1.54, 1.807) is 12.1 Å². The Bertz CT molecular complexity index is 961. The highest BCUT2D eigenvalue weighted by atomic mass is 35.5. The molecule has 0 atom stereocenters. The van der Waals surface area contributed by atoms with E-state index >= 15 is 0 Å². The van der Waals surface area contributed by atoms with Gasteiger partial charge >= 0.3 is 0 Å². The predicted octanol–water partition coefficient (Wildman–Crippen LogP) is 3.90. The maximum atomic E-state index is 13.0. The minimum Gasteiger partial charge on any atom is -0.481 e. The van der Waals surface area contributed by atoms with E-state index in [0.717, 1.165) is 37.1 Å². The van der Waals surface area contributed by atoms with Crippen molar-refractivity contribution in [3.63, 3.8) is 0 Å². The summed E-state index contributed by atoms with van der Waals surface area (Å²) >= 11 is 12.8. The fourth-order valence-electron chi connectivity index (χ4n) is 4.71. The second-order valence-corrected chi connectivity index (χ2v) is 8.65. The molecular formula is C22H22Cl2N2O4. The maximum Gasteiger partial charge on any atom is 0.255 e. The van der Waals surface area contributed by atoms with Crippen LogP contribution in [0.2, 0.25) is 10.0 Å². The molecule has 0 bridgehead atoms. The number of hydrogen-bond donors (Lipinski definition) is 1. The van der Waals surface area contributed by atoms with E-state index in [2.05, 4.69) is 0 Å². The molecule has 0 saturated heterocycles. The summed E-state index contributed by atoms with van der Waals surface area (Å²) in [5, 5.41) is 0.405. The van der Waals surface area contributed by atoms with E-state index in [9.17, 15) is 14.4 Å². The predicted molar refractivity (Wildman–Crippen MR) is 113 cm³/mol. The quantitative estimate of drug-likeness (QED) is 0.753. The third-order valence-electron chi connectivity index (χ3n) is 5.96. The highest BCUT2D eigenvalue weighted by molar-refractivity contribution is 6.37. The number of rotatable bonds is 4. The fourth-order valence-corrected chi connectivity index (χ4v) is 5.33. The van der Waals surface area contributed by atoms with Gasteiger partial charge in [-0.1, -0.05) is 23.2 Å². The summed E-state index contributed by atoms with van der Waals surface area (Å²) in [6.07, 6.45) is 4.10.